The average molecular weight is 346 g/mol. The van der Waals surface area contributed by atoms with Gasteiger partial charge in [0.25, 0.3) is 5.91 Å². The second kappa shape index (κ2) is 7.72. The molecule has 0 saturated carbocycles. The first-order chi connectivity index (χ1) is 11.6. The number of rotatable bonds is 5. The van der Waals surface area contributed by atoms with Crippen molar-refractivity contribution >= 4 is 23.2 Å². The van der Waals surface area contributed by atoms with Gasteiger partial charge in [0.1, 0.15) is 0 Å². The van der Waals surface area contributed by atoms with Crippen LogP contribution in [0.15, 0.2) is 29.9 Å². The molecule has 3 heterocycles. The fourth-order valence-electron chi connectivity index (χ4n) is 2.62. The van der Waals surface area contributed by atoms with Gasteiger partial charge in [0.15, 0.2) is 0 Å². The standard InChI is InChI=1S/C17H22N4O2S/c1-12(2)15(14-4-3-9-24-14)20-16(22)13-10-18-17(19-11-13)21-5-7-23-8-6-21/h3-4,9-12,15H,5-8H2,1-2H3,(H,20,22)/t15-/m1/s1. The molecule has 0 unspecified atom stereocenters. The SMILES string of the molecule is CC(C)[C@@H](NC(=O)c1cnc(N2CCOCC2)nc1)c1cccs1. The van der Waals surface area contributed by atoms with Crippen LogP contribution in [0.3, 0.4) is 0 Å². The smallest absolute Gasteiger partial charge is 0.254 e. The molecule has 1 aliphatic heterocycles. The van der Waals surface area contributed by atoms with Crippen LogP contribution in [0, 0.1) is 5.92 Å². The summed E-state index contributed by atoms with van der Waals surface area (Å²) < 4.78 is 5.32. The van der Waals surface area contributed by atoms with Crippen LogP contribution in [0.1, 0.15) is 35.1 Å². The van der Waals surface area contributed by atoms with Crippen LogP contribution in [0.4, 0.5) is 5.95 Å². The summed E-state index contributed by atoms with van der Waals surface area (Å²) in [5.41, 5.74) is 0.481. The van der Waals surface area contributed by atoms with E-state index in [1.54, 1.807) is 23.7 Å². The Labute approximate surface area is 145 Å². The van der Waals surface area contributed by atoms with Gasteiger partial charge in [-0.05, 0) is 17.4 Å². The molecule has 1 amide bonds. The molecule has 7 heteroatoms. The summed E-state index contributed by atoms with van der Waals surface area (Å²) >= 11 is 1.65. The normalized spacial score (nSPS) is 16.2. The van der Waals surface area contributed by atoms with E-state index in [0.29, 0.717) is 30.6 Å². The van der Waals surface area contributed by atoms with E-state index >= 15 is 0 Å². The Kier molecular flexibility index (Phi) is 5.42. The van der Waals surface area contributed by atoms with Crippen molar-refractivity contribution in [3.8, 4) is 0 Å². The molecule has 6 nitrogen and oxygen atoms in total. The molecule has 0 aliphatic carbocycles. The van der Waals surface area contributed by atoms with Crippen molar-refractivity contribution in [3.05, 3.63) is 40.3 Å². The van der Waals surface area contributed by atoms with E-state index in [1.807, 2.05) is 17.5 Å². The van der Waals surface area contributed by atoms with E-state index in [1.165, 1.54) is 0 Å². The van der Waals surface area contributed by atoms with E-state index < -0.39 is 0 Å². The van der Waals surface area contributed by atoms with Crippen LogP contribution in [-0.2, 0) is 4.74 Å². The largest absolute Gasteiger partial charge is 0.378 e. The van der Waals surface area contributed by atoms with E-state index in [2.05, 4.69) is 34.0 Å². The second-order valence-electron chi connectivity index (χ2n) is 6.08. The minimum atomic E-state index is -0.143. The highest BCUT2D eigenvalue weighted by Crippen LogP contribution is 2.26. The van der Waals surface area contributed by atoms with Gasteiger partial charge in [0.05, 0.1) is 24.8 Å². The third-order valence-corrected chi connectivity index (χ3v) is 4.95. The summed E-state index contributed by atoms with van der Waals surface area (Å²) in [4.78, 5) is 24.4. The lowest BCUT2D eigenvalue weighted by molar-refractivity contribution is 0.0925. The maximum atomic E-state index is 12.5. The number of anilines is 1. The molecule has 1 aliphatic rings. The Hall–Kier alpha value is -1.99. The Morgan fingerprint density at radius 1 is 1.29 bits per heavy atom. The minimum Gasteiger partial charge on any atom is -0.378 e. The van der Waals surface area contributed by atoms with Crippen molar-refractivity contribution in [1.82, 2.24) is 15.3 Å². The monoisotopic (exact) mass is 346 g/mol. The number of nitrogens with zero attached hydrogens (tertiary/aromatic N) is 3. The van der Waals surface area contributed by atoms with Gasteiger partial charge in [0.2, 0.25) is 5.95 Å². The van der Waals surface area contributed by atoms with E-state index in [4.69, 9.17) is 4.74 Å². The molecule has 2 aromatic heterocycles. The van der Waals surface area contributed by atoms with Gasteiger partial charge in [-0.15, -0.1) is 11.3 Å². The van der Waals surface area contributed by atoms with Gasteiger partial charge in [-0.3, -0.25) is 4.79 Å². The highest BCUT2D eigenvalue weighted by atomic mass is 32.1. The molecule has 24 heavy (non-hydrogen) atoms. The van der Waals surface area contributed by atoms with Gasteiger partial charge in [0, 0.05) is 30.4 Å². The fraction of sp³-hybridized carbons (Fsp3) is 0.471. The first-order valence-corrected chi connectivity index (χ1v) is 9.02. The quantitative estimate of drug-likeness (QED) is 0.901. The summed E-state index contributed by atoms with van der Waals surface area (Å²) in [5, 5.41) is 5.12. The third-order valence-electron chi connectivity index (χ3n) is 4.00. The lowest BCUT2D eigenvalue weighted by Gasteiger charge is -2.26. The summed E-state index contributed by atoms with van der Waals surface area (Å²) in [7, 11) is 0. The molecule has 2 aromatic rings. The first kappa shape index (κ1) is 16.9. The van der Waals surface area contributed by atoms with Gasteiger partial charge in [-0.25, -0.2) is 9.97 Å². The van der Waals surface area contributed by atoms with Crippen LogP contribution in [0.25, 0.3) is 0 Å². The molecule has 3 rings (SSSR count). The predicted molar refractivity (Wildman–Crippen MR) is 94.4 cm³/mol. The number of ether oxygens (including phenoxy) is 1. The highest BCUT2D eigenvalue weighted by molar-refractivity contribution is 7.10. The zero-order valence-corrected chi connectivity index (χ0v) is 14.8. The molecule has 1 fully saturated rings. The lowest BCUT2D eigenvalue weighted by Crippen LogP contribution is -2.37. The minimum absolute atomic E-state index is 0.00332. The Balaban J connectivity index is 1.68. The van der Waals surface area contributed by atoms with E-state index in [-0.39, 0.29) is 11.9 Å². The number of morpholine rings is 1. The van der Waals surface area contributed by atoms with E-state index in [0.717, 1.165) is 18.0 Å². The van der Waals surface area contributed by atoms with Gasteiger partial charge in [-0.1, -0.05) is 19.9 Å². The first-order valence-electron chi connectivity index (χ1n) is 8.14. The van der Waals surface area contributed by atoms with Crippen molar-refractivity contribution in [2.24, 2.45) is 5.92 Å². The van der Waals surface area contributed by atoms with Gasteiger partial charge in [-0.2, -0.15) is 0 Å². The number of carbonyl (C=O) groups excluding carboxylic acids is 1. The highest BCUT2D eigenvalue weighted by Gasteiger charge is 2.21. The molecular formula is C17H22N4O2S. The molecule has 0 spiro atoms. The fourth-order valence-corrected chi connectivity index (χ4v) is 3.57. The molecule has 1 N–H and O–H groups in total. The Bertz CT molecular complexity index is 652. The number of hydrogen-bond acceptors (Lipinski definition) is 6. The number of thiophene rings is 1. The van der Waals surface area contributed by atoms with Gasteiger partial charge >= 0.3 is 0 Å². The van der Waals surface area contributed by atoms with Crippen molar-refractivity contribution in [3.63, 3.8) is 0 Å². The molecule has 1 atom stereocenters. The van der Waals surface area contributed by atoms with Crippen molar-refractivity contribution < 1.29 is 9.53 Å². The maximum absolute atomic E-state index is 12.5. The Morgan fingerprint density at radius 2 is 2.00 bits per heavy atom. The van der Waals surface area contributed by atoms with Crippen LogP contribution in [0.5, 0.6) is 0 Å². The summed E-state index contributed by atoms with van der Waals surface area (Å²) in [6.07, 6.45) is 3.19. The number of hydrogen-bond donors (Lipinski definition) is 1. The van der Waals surface area contributed by atoms with Crippen LogP contribution < -0.4 is 10.2 Å². The lowest BCUT2D eigenvalue weighted by atomic mass is 10.0. The molecule has 0 radical (unpaired) electrons. The van der Waals surface area contributed by atoms with E-state index in [9.17, 15) is 4.79 Å². The zero-order valence-electron chi connectivity index (χ0n) is 13.9. The molecular weight excluding hydrogens is 324 g/mol. The number of carbonyl (C=O) groups is 1. The molecule has 1 saturated heterocycles. The topological polar surface area (TPSA) is 67.4 Å². The summed E-state index contributed by atoms with van der Waals surface area (Å²) in [6, 6.07) is 4.05. The zero-order chi connectivity index (χ0) is 16.9. The van der Waals surface area contributed by atoms with Crippen LogP contribution in [0.2, 0.25) is 0 Å². The van der Waals surface area contributed by atoms with Gasteiger partial charge < -0.3 is 15.0 Å². The average Bonchev–Trinajstić information content (AvgIpc) is 3.14. The Morgan fingerprint density at radius 3 is 2.58 bits per heavy atom. The maximum Gasteiger partial charge on any atom is 0.254 e. The van der Waals surface area contributed by atoms with Crippen molar-refractivity contribution in [2.75, 3.05) is 31.2 Å². The van der Waals surface area contributed by atoms with Crippen molar-refractivity contribution in [2.45, 2.75) is 19.9 Å². The molecule has 0 aromatic carbocycles. The third kappa shape index (κ3) is 3.91. The second-order valence-corrected chi connectivity index (χ2v) is 7.06. The summed E-state index contributed by atoms with van der Waals surface area (Å²) in [6.45, 7) is 7.12. The molecule has 0 bridgehead atoms. The number of aromatic nitrogens is 2. The van der Waals surface area contributed by atoms with Crippen LogP contribution in [-0.4, -0.2) is 42.2 Å². The number of nitrogens with one attached hydrogen (secondary N) is 1. The summed E-state index contributed by atoms with van der Waals surface area (Å²) in [5.74, 6) is 0.810. The van der Waals surface area contributed by atoms with Crippen LogP contribution >= 0.6 is 11.3 Å². The molecule has 128 valence electrons. The number of amides is 1. The van der Waals surface area contributed by atoms with Crippen molar-refractivity contribution in [1.29, 1.82) is 0 Å². The predicted octanol–water partition coefficient (Wildman–Crippen LogP) is 2.50.